The molecule has 0 fully saturated rings. The second kappa shape index (κ2) is 3.18. The number of halogens is 1. The molecule has 3 nitrogen and oxygen atoms in total. The third kappa shape index (κ3) is 1.34. The van der Waals surface area contributed by atoms with Gasteiger partial charge >= 0.3 is 7.12 Å². The Bertz CT molecular complexity index is 405. The first-order chi connectivity index (χ1) is 6.59. The van der Waals surface area contributed by atoms with Crippen molar-refractivity contribution in [1.82, 2.24) is 0 Å². The van der Waals surface area contributed by atoms with Crippen LogP contribution in [0.2, 0.25) is 0 Å². The average Bonchev–Trinajstić information content (AvgIpc) is 2.46. The van der Waals surface area contributed by atoms with Gasteiger partial charge in [-0.1, -0.05) is 0 Å². The summed E-state index contributed by atoms with van der Waals surface area (Å²) < 4.78 is 18.2. The fourth-order valence-electron chi connectivity index (χ4n) is 1.51. The fourth-order valence-corrected chi connectivity index (χ4v) is 1.51. The van der Waals surface area contributed by atoms with Crippen molar-refractivity contribution in [1.29, 1.82) is 0 Å². The molecule has 1 heterocycles. The zero-order valence-corrected chi connectivity index (χ0v) is 7.58. The van der Waals surface area contributed by atoms with E-state index >= 15 is 0 Å². The van der Waals surface area contributed by atoms with E-state index in [1.54, 1.807) is 0 Å². The van der Waals surface area contributed by atoms with E-state index in [9.17, 15) is 14.2 Å². The molecule has 1 N–H and O–H groups in total. The highest BCUT2D eigenvalue weighted by Crippen LogP contribution is 2.15. The first-order valence-corrected chi connectivity index (χ1v) is 4.22. The van der Waals surface area contributed by atoms with Crippen LogP contribution in [0, 0.1) is 5.82 Å². The van der Waals surface area contributed by atoms with Crippen molar-refractivity contribution in [2.75, 3.05) is 0 Å². The number of carbonyl (C=O) groups is 1. The lowest BCUT2D eigenvalue weighted by atomic mass is 9.78. The monoisotopic (exact) mass is 194 g/mol. The molecule has 1 aliphatic heterocycles. The second-order valence-corrected chi connectivity index (χ2v) is 3.25. The molecular formula is C9H8BFO3. The Morgan fingerprint density at radius 2 is 2.36 bits per heavy atom. The maximum absolute atomic E-state index is 13.3. The molecule has 0 aliphatic carbocycles. The summed E-state index contributed by atoms with van der Waals surface area (Å²) >= 11 is 0. The van der Waals surface area contributed by atoms with E-state index in [0.717, 1.165) is 0 Å². The predicted molar refractivity (Wildman–Crippen MR) is 48.8 cm³/mol. The minimum Gasteiger partial charge on any atom is -0.423 e. The van der Waals surface area contributed by atoms with Gasteiger partial charge in [-0.05, 0) is 30.1 Å². The molecule has 0 spiro atoms. The standard InChI is InChI=1S/C9H8BFO3/c1-5(12)7-3-8-6(2-9(7)11)4-14-10(8)13/h2-3,13H,4H2,1H3. The van der Waals surface area contributed by atoms with Crippen LogP contribution in [0.25, 0.3) is 0 Å². The molecule has 2 rings (SSSR count). The van der Waals surface area contributed by atoms with Gasteiger partial charge < -0.3 is 9.68 Å². The maximum atomic E-state index is 13.3. The molecule has 0 bridgehead atoms. The van der Waals surface area contributed by atoms with Crippen molar-refractivity contribution in [3.05, 3.63) is 29.1 Å². The second-order valence-electron chi connectivity index (χ2n) is 3.25. The van der Waals surface area contributed by atoms with Crippen LogP contribution in [0.5, 0.6) is 0 Å². The highest BCUT2D eigenvalue weighted by molar-refractivity contribution is 6.61. The molecule has 0 unspecified atom stereocenters. The van der Waals surface area contributed by atoms with E-state index < -0.39 is 12.9 Å². The molecule has 5 heteroatoms. The summed E-state index contributed by atoms with van der Waals surface area (Å²) in [7, 11) is -1.04. The Labute approximate surface area is 80.6 Å². The van der Waals surface area contributed by atoms with Crippen LogP contribution in [-0.2, 0) is 11.3 Å². The van der Waals surface area contributed by atoms with Gasteiger partial charge in [0.15, 0.2) is 5.78 Å². The molecule has 0 amide bonds. The minimum absolute atomic E-state index is 0.00620. The van der Waals surface area contributed by atoms with Crippen molar-refractivity contribution < 1.29 is 18.9 Å². The van der Waals surface area contributed by atoms with Crippen LogP contribution in [0.4, 0.5) is 4.39 Å². The van der Waals surface area contributed by atoms with Crippen molar-refractivity contribution in [2.45, 2.75) is 13.5 Å². The van der Waals surface area contributed by atoms with Gasteiger partial charge in [0, 0.05) is 0 Å². The van der Waals surface area contributed by atoms with E-state index in [4.69, 9.17) is 4.65 Å². The smallest absolute Gasteiger partial charge is 0.423 e. The van der Waals surface area contributed by atoms with Gasteiger partial charge in [0.1, 0.15) is 5.82 Å². The van der Waals surface area contributed by atoms with Crippen molar-refractivity contribution >= 4 is 18.4 Å². The zero-order chi connectivity index (χ0) is 10.3. The van der Waals surface area contributed by atoms with Crippen molar-refractivity contribution in [3.63, 3.8) is 0 Å². The van der Waals surface area contributed by atoms with E-state index in [1.807, 2.05) is 0 Å². The first kappa shape index (κ1) is 9.36. The third-order valence-corrected chi connectivity index (χ3v) is 2.27. The Morgan fingerprint density at radius 3 is 3.00 bits per heavy atom. The molecule has 72 valence electrons. The van der Waals surface area contributed by atoms with Crippen LogP contribution in [0.3, 0.4) is 0 Å². The van der Waals surface area contributed by atoms with Crippen LogP contribution in [0.1, 0.15) is 22.8 Å². The number of carbonyl (C=O) groups excluding carboxylic acids is 1. The largest absolute Gasteiger partial charge is 0.491 e. The van der Waals surface area contributed by atoms with Crippen LogP contribution in [0.15, 0.2) is 12.1 Å². The SMILES string of the molecule is CC(=O)c1cc2c(cc1F)COB2O. The summed E-state index contributed by atoms with van der Waals surface area (Å²) in [5, 5.41) is 9.32. The van der Waals surface area contributed by atoms with Crippen LogP contribution < -0.4 is 5.46 Å². The Morgan fingerprint density at radius 1 is 1.64 bits per heavy atom. The van der Waals surface area contributed by atoms with E-state index in [0.29, 0.717) is 11.0 Å². The van der Waals surface area contributed by atoms with Gasteiger partial charge in [-0.25, -0.2) is 4.39 Å². The number of benzene rings is 1. The molecule has 0 radical (unpaired) electrons. The Hall–Kier alpha value is -1.20. The summed E-state index contributed by atoms with van der Waals surface area (Å²) in [6.07, 6.45) is 0. The molecule has 0 saturated carbocycles. The molecule has 1 aliphatic rings. The van der Waals surface area contributed by atoms with Crippen LogP contribution >= 0.6 is 0 Å². The normalized spacial score (nSPS) is 14.4. The average molecular weight is 194 g/mol. The number of fused-ring (bicyclic) bond motifs is 1. The predicted octanol–water partition coefficient (Wildman–Crippen LogP) is 0.246. The minimum atomic E-state index is -1.04. The highest BCUT2D eigenvalue weighted by Gasteiger charge is 2.29. The number of rotatable bonds is 1. The van der Waals surface area contributed by atoms with Gasteiger partial charge in [0.05, 0.1) is 12.2 Å². The lowest BCUT2D eigenvalue weighted by Crippen LogP contribution is -2.29. The summed E-state index contributed by atoms with van der Waals surface area (Å²) in [6, 6.07) is 2.59. The van der Waals surface area contributed by atoms with Gasteiger partial charge in [0.2, 0.25) is 0 Å². The molecule has 14 heavy (non-hydrogen) atoms. The maximum Gasteiger partial charge on any atom is 0.491 e. The van der Waals surface area contributed by atoms with Crippen molar-refractivity contribution in [3.8, 4) is 0 Å². The van der Waals surface area contributed by atoms with E-state index in [2.05, 4.69) is 0 Å². The van der Waals surface area contributed by atoms with E-state index in [1.165, 1.54) is 19.1 Å². The lowest BCUT2D eigenvalue weighted by Gasteiger charge is -2.02. The highest BCUT2D eigenvalue weighted by atomic mass is 19.1. The van der Waals surface area contributed by atoms with Gasteiger partial charge in [-0.15, -0.1) is 0 Å². The topological polar surface area (TPSA) is 46.5 Å². The first-order valence-electron chi connectivity index (χ1n) is 4.22. The number of Topliss-reactive ketones (excluding diaryl/α,β-unsaturated/α-hetero) is 1. The number of ketones is 1. The molecular weight excluding hydrogens is 186 g/mol. The third-order valence-electron chi connectivity index (χ3n) is 2.27. The number of hydrogen-bond acceptors (Lipinski definition) is 3. The van der Waals surface area contributed by atoms with Crippen molar-refractivity contribution in [2.24, 2.45) is 0 Å². The quantitative estimate of drug-likeness (QED) is 0.514. The number of hydrogen-bond donors (Lipinski definition) is 1. The molecule has 1 aromatic rings. The van der Waals surface area contributed by atoms with Gasteiger partial charge in [0.25, 0.3) is 0 Å². The van der Waals surface area contributed by atoms with E-state index in [-0.39, 0.29) is 18.0 Å². The summed E-state index contributed by atoms with van der Waals surface area (Å²) in [5.74, 6) is -0.918. The summed E-state index contributed by atoms with van der Waals surface area (Å²) in [6.45, 7) is 1.47. The Balaban J connectivity index is 2.57. The lowest BCUT2D eigenvalue weighted by molar-refractivity contribution is 0.101. The zero-order valence-electron chi connectivity index (χ0n) is 7.58. The molecule has 1 aromatic carbocycles. The molecule has 0 saturated heterocycles. The summed E-state index contributed by atoms with van der Waals surface area (Å²) in [4.78, 5) is 11.0. The van der Waals surface area contributed by atoms with Crippen LogP contribution in [-0.4, -0.2) is 17.9 Å². The summed E-state index contributed by atoms with van der Waals surface area (Å²) in [5.41, 5.74) is 1.07. The molecule has 0 aromatic heterocycles. The van der Waals surface area contributed by atoms with Gasteiger partial charge in [-0.2, -0.15) is 0 Å². The Kier molecular flexibility index (Phi) is 2.13. The van der Waals surface area contributed by atoms with Gasteiger partial charge in [-0.3, -0.25) is 4.79 Å². The molecule has 0 atom stereocenters. The fraction of sp³-hybridized carbons (Fsp3) is 0.222.